The van der Waals surface area contributed by atoms with E-state index in [1.807, 2.05) is 0 Å². The third kappa shape index (κ3) is 4.47. The van der Waals surface area contributed by atoms with Gasteiger partial charge in [0.15, 0.2) is 5.69 Å². The molecule has 4 rings (SSSR count). The van der Waals surface area contributed by atoms with Gasteiger partial charge in [-0.25, -0.2) is 13.8 Å². The second-order valence-electron chi connectivity index (χ2n) is 6.61. The van der Waals surface area contributed by atoms with Crippen LogP contribution in [-0.4, -0.2) is 25.5 Å². The van der Waals surface area contributed by atoms with Gasteiger partial charge in [-0.3, -0.25) is 4.79 Å². The Labute approximate surface area is 173 Å². The van der Waals surface area contributed by atoms with Crippen molar-refractivity contribution in [3.63, 3.8) is 0 Å². The highest BCUT2D eigenvalue weighted by molar-refractivity contribution is 6.03. The van der Waals surface area contributed by atoms with E-state index < -0.39 is 17.8 Å². The Bertz CT molecular complexity index is 1210. The number of halogens is 4. The van der Waals surface area contributed by atoms with E-state index in [9.17, 15) is 22.4 Å². The van der Waals surface area contributed by atoms with E-state index in [0.29, 0.717) is 17.1 Å². The zero-order chi connectivity index (χ0) is 22.0. The summed E-state index contributed by atoms with van der Waals surface area (Å²) in [7, 11) is 0. The molecule has 2 aromatic carbocycles. The third-order valence-electron chi connectivity index (χ3n) is 4.51. The second-order valence-corrected chi connectivity index (χ2v) is 6.61. The topological polar surface area (TPSA) is 64.7 Å². The van der Waals surface area contributed by atoms with Crippen LogP contribution in [0.15, 0.2) is 73.1 Å². The Hall–Kier alpha value is -3.95. The minimum atomic E-state index is -4.53. The molecule has 0 atom stereocenters. The highest BCUT2D eigenvalue weighted by Gasteiger charge is 2.33. The van der Waals surface area contributed by atoms with Crippen molar-refractivity contribution in [2.75, 3.05) is 5.32 Å². The standard InChI is InChI=1S/C21H15F4N5O/c22-17-4-2-1-3-15(17)13-30-19(9-11-26-30)27-20(31)14-5-7-16(8-6-14)29-12-10-18(28-29)21(23,24)25/h1-12H,13H2,(H,27,31). The van der Waals surface area contributed by atoms with Crippen molar-refractivity contribution in [1.29, 1.82) is 0 Å². The average Bonchev–Trinajstić information content (AvgIpc) is 3.40. The van der Waals surface area contributed by atoms with Crippen molar-refractivity contribution >= 4 is 11.7 Å². The Balaban J connectivity index is 1.47. The minimum Gasteiger partial charge on any atom is -0.307 e. The van der Waals surface area contributed by atoms with Gasteiger partial charge in [-0.2, -0.15) is 23.4 Å². The lowest BCUT2D eigenvalue weighted by Gasteiger charge is -2.10. The SMILES string of the molecule is O=C(Nc1ccnn1Cc1ccccc1F)c1ccc(-n2ccc(C(F)(F)F)n2)cc1. The number of alkyl halides is 3. The van der Waals surface area contributed by atoms with E-state index in [-0.39, 0.29) is 17.9 Å². The molecule has 0 aliphatic rings. The van der Waals surface area contributed by atoms with Gasteiger partial charge >= 0.3 is 6.18 Å². The molecule has 1 amide bonds. The van der Waals surface area contributed by atoms with E-state index in [0.717, 1.165) is 10.7 Å². The Morgan fingerprint density at radius 2 is 1.74 bits per heavy atom. The molecule has 0 aliphatic carbocycles. The maximum Gasteiger partial charge on any atom is 0.435 e. The molecular formula is C21H15F4N5O. The number of amides is 1. The monoisotopic (exact) mass is 429 g/mol. The van der Waals surface area contributed by atoms with Gasteiger partial charge in [-0.1, -0.05) is 18.2 Å². The minimum absolute atomic E-state index is 0.134. The smallest absolute Gasteiger partial charge is 0.307 e. The predicted molar refractivity (Wildman–Crippen MR) is 104 cm³/mol. The van der Waals surface area contributed by atoms with E-state index in [2.05, 4.69) is 15.5 Å². The fraction of sp³-hybridized carbons (Fsp3) is 0.0952. The van der Waals surface area contributed by atoms with E-state index in [1.54, 1.807) is 24.3 Å². The van der Waals surface area contributed by atoms with Crippen LogP contribution in [0, 0.1) is 5.82 Å². The van der Waals surface area contributed by atoms with Crippen molar-refractivity contribution in [2.24, 2.45) is 0 Å². The van der Waals surface area contributed by atoms with Gasteiger partial charge in [0.1, 0.15) is 11.6 Å². The Morgan fingerprint density at radius 1 is 1.00 bits per heavy atom. The van der Waals surface area contributed by atoms with E-state index in [4.69, 9.17) is 0 Å². The van der Waals surface area contributed by atoms with E-state index >= 15 is 0 Å². The molecule has 6 nitrogen and oxygen atoms in total. The molecule has 0 unspecified atom stereocenters. The summed E-state index contributed by atoms with van der Waals surface area (Å²) >= 11 is 0. The van der Waals surface area contributed by atoms with Crippen LogP contribution in [0.3, 0.4) is 0 Å². The van der Waals surface area contributed by atoms with Gasteiger partial charge < -0.3 is 5.32 Å². The maximum absolute atomic E-state index is 13.9. The molecule has 2 aromatic heterocycles. The number of rotatable bonds is 5. The molecule has 4 aromatic rings. The molecule has 0 spiro atoms. The summed E-state index contributed by atoms with van der Waals surface area (Å²) in [6, 6.07) is 14.6. The van der Waals surface area contributed by atoms with Crippen molar-refractivity contribution in [1.82, 2.24) is 19.6 Å². The molecule has 0 fully saturated rings. The van der Waals surface area contributed by atoms with Gasteiger partial charge in [0.05, 0.1) is 18.4 Å². The van der Waals surface area contributed by atoms with Crippen molar-refractivity contribution in [3.05, 3.63) is 95.7 Å². The summed E-state index contributed by atoms with van der Waals surface area (Å²) in [5.41, 5.74) is 0.0724. The summed E-state index contributed by atoms with van der Waals surface area (Å²) in [5, 5.41) is 10.3. The summed E-state index contributed by atoms with van der Waals surface area (Å²) in [6.07, 6.45) is -1.86. The van der Waals surface area contributed by atoms with Gasteiger partial charge in [0.2, 0.25) is 0 Å². The predicted octanol–water partition coefficient (Wildman–Crippen LogP) is 4.53. The average molecular weight is 429 g/mol. The number of hydrogen-bond acceptors (Lipinski definition) is 3. The van der Waals surface area contributed by atoms with Crippen LogP contribution in [0.25, 0.3) is 5.69 Å². The van der Waals surface area contributed by atoms with Crippen LogP contribution in [0.4, 0.5) is 23.4 Å². The Kier molecular flexibility index (Phi) is 5.28. The fourth-order valence-corrected chi connectivity index (χ4v) is 2.93. The van der Waals surface area contributed by atoms with Crippen molar-refractivity contribution < 1.29 is 22.4 Å². The third-order valence-corrected chi connectivity index (χ3v) is 4.51. The summed E-state index contributed by atoms with van der Waals surface area (Å²) < 4.78 is 54.5. The van der Waals surface area contributed by atoms with Gasteiger partial charge in [-0.15, -0.1) is 0 Å². The fourth-order valence-electron chi connectivity index (χ4n) is 2.93. The molecule has 2 heterocycles. The molecule has 158 valence electrons. The maximum atomic E-state index is 13.9. The first-order valence-corrected chi connectivity index (χ1v) is 9.11. The lowest BCUT2D eigenvalue weighted by molar-refractivity contribution is -0.141. The van der Waals surface area contributed by atoms with Gasteiger partial charge in [0, 0.05) is 23.4 Å². The number of aromatic nitrogens is 4. The Morgan fingerprint density at radius 3 is 2.42 bits per heavy atom. The summed E-state index contributed by atoms with van der Waals surface area (Å²) in [6.45, 7) is 0.134. The number of anilines is 1. The molecule has 0 saturated heterocycles. The summed E-state index contributed by atoms with van der Waals surface area (Å²) in [4.78, 5) is 12.6. The quantitative estimate of drug-likeness (QED) is 0.474. The van der Waals surface area contributed by atoms with Crippen LogP contribution in [0.5, 0.6) is 0 Å². The largest absolute Gasteiger partial charge is 0.435 e. The highest BCUT2D eigenvalue weighted by Crippen LogP contribution is 2.28. The molecule has 0 saturated carbocycles. The van der Waals surface area contributed by atoms with Crippen LogP contribution < -0.4 is 5.32 Å². The first kappa shape index (κ1) is 20.3. The molecule has 31 heavy (non-hydrogen) atoms. The first-order valence-electron chi connectivity index (χ1n) is 9.11. The van der Waals surface area contributed by atoms with Gasteiger partial charge in [0.25, 0.3) is 5.91 Å². The van der Waals surface area contributed by atoms with Crippen LogP contribution in [0.1, 0.15) is 21.6 Å². The number of benzene rings is 2. The normalized spacial score (nSPS) is 11.5. The number of nitrogens with zero attached hydrogens (tertiary/aromatic N) is 4. The lowest BCUT2D eigenvalue weighted by Crippen LogP contribution is -2.16. The zero-order valence-electron chi connectivity index (χ0n) is 15.8. The molecular weight excluding hydrogens is 414 g/mol. The molecule has 0 radical (unpaired) electrons. The number of hydrogen-bond donors (Lipinski definition) is 1. The molecule has 0 aliphatic heterocycles. The second kappa shape index (κ2) is 8.05. The van der Waals surface area contributed by atoms with E-state index in [1.165, 1.54) is 47.4 Å². The number of nitrogens with one attached hydrogen (secondary N) is 1. The summed E-state index contributed by atoms with van der Waals surface area (Å²) in [5.74, 6) is -0.448. The van der Waals surface area contributed by atoms with Gasteiger partial charge in [-0.05, 0) is 36.4 Å². The van der Waals surface area contributed by atoms with Crippen molar-refractivity contribution in [3.8, 4) is 5.69 Å². The first-order chi connectivity index (χ1) is 14.8. The zero-order valence-corrected chi connectivity index (χ0v) is 15.8. The number of carbonyl (C=O) groups excluding carboxylic acids is 1. The lowest BCUT2D eigenvalue weighted by atomic mass is 10.2. The highest BCUT2D eigenvalue weighted by atomic mass is 19.4. The molecule has 0 bridgehead atoms. The molecule has 1 N–H and O–H groups in total. The van der Waals surface area contributed by atoms with Crippen LogP contribution in [-0.2, 0) is 12.7 Å². The molecule has 10 heteroatoms. The van der Waals surface area contributed by atoms with Crippen LogP contribution >= 0.6 is 0 Å². The van der Waals surface area contributed by atoms with Crippen LogP contribution in [0.2, 0.25) is 0 Å². The van der Waals surface area contributed by atoms with Crippen molar-refractivity contribution in [2.45, 2.75) is 12.7 Å². The number of carbonyl (C=O) groups is 1.